The van der Waals surface area contributed by atoms with Crippen LogP contribution in [0, 0.1) is 0 Å². The minimum atomic E-state index is -0.0435. The molecule has 1 aromatic carbocycles. The number of ketones is 1. The van der Waals surface area contributed by atoms with Gasteiger partial charge in [0.25, 0.3) is 0 Å². The Balaban J connectivity index is 2.64. The Morgan fingerprint density at radius 1 is 1.28 bits per heavy atom. The van der Waals surface area contributed by atoms with E-state index in [4.69, 9.17) is 5.73 Å². The molecule has 0 amide bonds. The zero-order valence-corrected chi connectivity index (χ0v) is 11.0. The molecule has 0 unspecified atom stereocenters. The molecule has 0 saturated heterocycles. The molecule has 0 aliphatic carbocycles. The molecule has 0 radical (unpaired) electrons. The van der Waals surface area contributed by atoms with Gasteiger partial charge in [0.2, 0.25) is 0 Å². The monoisotopic (exact) mass is 242 g/mol. The third-order valence-corrected chi connectivity index (χ3v) is 3.07. The van der Waals surface area contributed by atoms with Crippen molar-refractivity contribution in [3.05, 3.63) is 41.7 Å². The minimum Gasteiger partial charge on any atom is -0.324 e. The topological polar surface area (TPSA) is 56.0 Å². The van der Waals surface area contributed by atoms with Crippen LogP contribution in [0.1, 0.15) is 36.7 Å². The van der Waals surface area contributed by atoms with Crippen LogP contribution in [-0.4, -0.2) is 17.3 Å². The first-order chi connectivity index (χ1) is 8.43. The molecule has 1 heterocycles. The van der Waals surface area contributed by atoms with Gasteiger partial charge in [0.05, 0.1) is 6.54 Å². The fraction of sp³-hybridized carbons (Fsp3) is 0.333. The third-order valence-electron chi connectivity index (χ3n) is 3.07. The highest BCUT2D eigenvalue weighted by Gasteiger charge is 2.17. The largest absolute Gasteiger partial charge is 0.324 e. The van der Waals surface area contributed by atoms with Crippen LogP contribution in [0.3, 0.4) is 0 Å². The number of pyridine rings is 1. The maximum absolute atomic E-state index is 11.6. The lowest BCUT2D eigenvalue weighted by molar-refractivity contribution is 0.100. The van der Waals surface area contributed by atoms with E-state index in [1.165, 1.54) is 5.56 Å². The smallest absolute Gasteiger partial charge is 0.176 e. The number of nitrogens with two attached hydrogens (primary N) is 1. The minimum absolute atomic E-state index is 0.0336. The summed E-state index contributed by atoms with van der Waals surface area (Å²) in [5, 5.41) is 2.13. The van der Waals surface area contributed by atoms with Crippen LogP contribution >= 0.6 is 0 Å². The first-order valence-electron chi connectivity index (χ1n) is 6.05. The third kappa shape index (κ3) is 2.27. The number of aromatic nitrogens is 1. The van der Waals surface area contributed by atoms with Crippen molar-refractivity contribution in [3.8, 4) is 0 Å². The number of fused-ring (bicyclic) bond motifs is 1. The maximum atomic E-state index is 11.6. The highest BCUT2D eigenvalue weighted by molar-refractivity contribution is 6.01. The van der Waals surface area contributed by atoms with Gasteiger partial charge < -0.3 is 5.73 Å². The normalized spacial score (nSPS) is 11.8. The van der Waals surface area contributed by atoms with E-state index >= 15 is 0 Å². The van der Waals surface area contributed by atoms with Crippen LogP contribution in [0.4, 0.5) is 0 Å². The summed E-state index contributed by atoms with van der Waals surface area (Å²) in [6.45, 7) is 6.51. The van der Waals surface area contributed by atoms with Gasteiger partial charge in [-0.2, -0.15) is 0 Å². The van der Waals surface area contributed by atoms with E-state index in [0.29, 0.717) is 5.56 Å². The van der Waals surface area contributed by atoms with Crippen LogP contribution in [0.25, 0.3) is 10.8 Å². The van der Waals surface area contributed by atoms with Crippen LogP contribution in [0.5, 0.6) is 0 Å². The van der Waals surface area contributed by atoms with E-state index in [2.05, 4.69) is 25.8 Å². The zero-order valence-electron chi connectivity index (χ0n) is 11.0. The van der Waals surface area contributed by atoms with Crippen molar-refractivity contribution in [1.82, 2.24) is 4.98 Å². The van der Waals surface area contributed by atoms with E-state index < -0.39 is 0 Å². The molecule has 2 aromatic rings. The fourth-order valence-electron chi connectivity index (χ4n) is 2.07. The molecule has 0 atom stereocenters. The van der Waals surface area contributed by atoms with Gasteiger partial charge in [0, 0.05) is 23.3 Å². The molecule has 2 N–H and O–H groups in total. The van der Waals surface area contributed by atoms with Gasteiger partial charge in [-0.15, -0.1) is 0 Å². The number of hydrogen-bond donors (Lipinski definition) is 1. The average molecular weight is 242 g/mol. The lowest BCUT2D eigenvalue weighted by Crippen LogP contribution is -2.14. The highest BCUT2D eigenvalue weighted by atomic mass is 16.1. The van der Waals surface area contributed by atoms with Crippen molar-refractivity contribution in [2.75, 3.05) is 6.54 Å². The van der Waals surface area contributed by atoms with Gasteiger partial charge in [-0.1, -0.05) is 32.9 Å². The van der Waals surface area contributed by atoms with Crippen molar-refractivity contribution in [2.24, 2.45) is 5.73 Å². The second-order valence-corrected chi connectivity index (χ2v) is 5.50. The van der Waals surface area contributed by atoms with Crippen molar-refractivity contribution in [1.29, 1.82) is 0 Å². The van der Waals surface area contributed by atoms with E-state index in [9.17, 15) is 4.79 Å². The molecular formula is C15H18N2O. The molecule has 0 aliphatic rings. The van der Waals surface area contributed by atoms with Crippen molar-refractivity contribution in [2.45, 2.75) is 26.2 Å². The van der Waals surface area contributed by atoms with E-state index in [-0.39, 0.29) is 17.7 Å². The van der Waals surface area contributed by atoms with Gasteiger partial charge in [0.1, 0.15) is 0 Å². The van der Waals surface area contributed by atoms with Crippen molar-refractivity contribution in [3.63, 3.8) is 0 Å². The fourth-order valence-corrected chi connectivity index (χ4v) is 2.07. The molecule has 0 aliphatic heterocycles. The summed E-state index contributed by atoms with van der Waals surface area (Å²) in [6.07, 6.45) is 3.69. The summed E-state index contributed by atoms with van der Waals surface area (Å²) in [5.41, 5.74) is 7.25. The SMILES string of the molecule is CC(C)(C)c1cncc2cc(C(=O)CN)ccc12. The van der Waals surface area contributed by atoms with Gasteiger partial charge >= 0.3 is 0 Å². The van der Waals surface area contributed by atoms with Crippen molar-refractivity contribution < 1.29 is 4.79 Å². The highest BCUT2D eigenvalue weighted by Crippen LogP contribution is 2.29. The molecule has 0 bridgehead atoms. The zero-order chi connectivity index (χ0) is 13.3. The Kier molecular flexibility index (Phi) is 3.18. The summed E-state index contributed by atoms with van der Waals surface area (Å²) < 4.78 is 0. The number of carbonyl (C=O) groups excluding carboxylic acids is 1. The molecule has 1 aromatic heterocycles. The second kappa shape index (κ2) is 4.50. The Labute approximate surface area is 107 Å². The molecular weight excluding hydrogens is 224 g/mol. The molecule has 2 rings (SSSR count). The van der Waals surface area contributed by atoms with E-state index in [0.717, 1.165) is 10.8 Å². The Morgan fingerprint density at radius 2 is 2.00 bits per heavy atom. The van der Waals surface area contributed by atoms with Gasteiger partial charge in [-0.25, -0.2) is 0 Å². The number of nitrogens with zero attached hydrogens (tertiary/aromatic N) is 1. The number of Topliss-reactive ketones (excluding diaryl/α,β-unsaturated/α-hetero) is 1. The summed E-state index contributed by atoms with van der Waals surface area (Å²) >= 11 is 0. The molecule has 0 saturated carbocycles. The standard InChI is InChI=1S/C15H18N2O/c1-15(2,3)13-9-17-8-11-6-10(14(18)7-16)4-5-12(11)13/h4-6,8-9H,7,16H2,1-3H3. The lowest BCUT2D eigenvalue weighted by atomic mass is 9.85. The quantitative estimate of drug-likeness (QED) is 0.824. The predicted molar refractivity (Wildman–Crippen MR) is 73.8 cm³/mol. The second-order valence-electron chi connectivity index (χ2n) is 5.50. The predicted octanol–water partition coefficient (Wildman–Crippen LogP) is 2.67. The average Bonchev–Trinajstić information content (AvgIpc) is 2.35. The van der Waals surface area contributed by atoms with Crippen LogP contribution in [-0.2, 0) is 5.41 Å². The summed E-state index contributed by atoms with van der Waals surface area (Å²) in [6, 6.07) is 5.69. The Morgan fingerprint density at radius 3 is 2.61 bits per heavy atom. The molecule has 3 nitrogen and oxygen atoms in total. The molecule has 0 fully saturated rings. The molecule has 0 spiro atoms. The summed E-state index contributed by atoms with van der Waals surface area (Å²) in [4.78, 5) is 15.9. The van der Waals surface area contributed by atoms with Crippen LogP contribution < -0.4 is 5.73 Å². The first kappa shape index (κ1) is 12.7. The van der Waals surface area contributed by atoms with Crippen LogP contribution in [0.15, 0.2) is 30.6 Å². The number of hydrogen-bond acceptors (Lipinski definition) is 3. The summed E-state index contributed by atoms with van der Waals surface area (Å²) in [7, 11) is 0. The Hall–Kier alpha value is -1.74. The first-order valence-corrected chi connectivity index (χ1v) is 6.05. The van der Waals surface area contributed by atoms with Crippen LogP contribution in [0.2, 0.25) is 0 Å². The number of rotatable bonds is 2. The maximum Gasteiger partial charge on any atom is 0.176 e. The molecule has 18 heavy (non-hydrogen) atoms. The molecule has 3 heteroatoms. The summed E-state index contributed by atoms with van der Waals surface area (Å²) in [5.74, 6) is -0.0435. The Bertz CT molecular complexity index is 597. The van der Waals surface area contributed by atoms with E-state index in [1.54, 1.807) is 6.20 Å². The van der Waals surface area contributed by atoms with E-state index in [1.807, 2.05) is 24.4 Å². The van der Waals surface area contributed by atoms with Gasteiger partial charge in [-0.3, -0.25) is 9.78 Å². The van der Waals surface area contributed by atoms with Gasteiger partial charge in [-0.05, 0) is 22.4 Å². The van der Waals surface area contributed by atoms with Crippen molar-refractivity contribution >= 4 is 16.6 Å². The van der Waals surface area contributed by atoms with Gasteiger partial charge in [0.15, 0.2) is 5.78 Å². The lowest BCUT2D eigenvalue weighted by Gasteiger charge is -2.20. The molecule has 94 valence electrons. The number of carbonyl (C=O) groups is 1. The number of benzene rings is 1.